The number of hydrogen-bond acceptors (Lipinski definition) is 5. The van der Waals surface area contributed by atoms with Crippen LogP contribution in [0.4, 0.5) is 13.2 Å². The van der Waals surface area contributed by atoms with Crippen LogP contribution >= 0.6 is 11.3 Å². The average Bonchev–Trinajstić information content (AvgIpc) is 3.15. The summed E-state index contributed by atoms with van der Waals surface area (Å²) in [6.45, 7) is 0. The van der Waals surface area contributed by atoms with Crippen LogP contribution in [0.2, 0.25) is 0 Å². The van der Waals surface area contributed by atoms with Crippen LogP contribution in [0, 0.1) is 0 Å². The molecule has 3 aromatic rings. The molecule has 0 saturated heterocycles. The van der Waals surface area contributed by atoms with Crippen LogP contribution in [0.25, 0.3) is 11.4 Å². The van der Waals surface area contributed by atoms with Crippen molar-refractivity contribution < 1.29 is 17.7 Å². The van der Waals surface area contributed by atoms with Crippen molar-refractivity contribution >= 4 is 11.3 Å². The van der Waals surface area contributed by atoms with Gasteiger partial charge in [-0.3, -0.25) is 4.68 Å². The van der Waals surface area contributed by atoms with Gasteiger partial charge in [0.1, 0.15) is 0 Å². The third-order valence-corrected chi connectivity index (χ3v) is 3.78. The maximum absolute atomic E-state index is 12.9. The van der Waals surface area contributed by atoms with Crippen LogP contribution in [-0.4, -0.2) is 19.9 Å². The second kappa shape index (κ2) is 5.56. The Morgan fingerprint density at radius 3 is 2.77 bits per heavy atom. The molecule has 3 rings (SSSR count). The van der Waals surface area contributed by atoms with E-state index in [9.17, 15) is 13.2 Å². The summed E-state index contributed by atoms with van der Waals surface area (Å²) in [7, 11) is 1.81. The summed E-state index contributed by atoms with van der Waals surface area (Å²) in [5, 5.41) is 10.3. The fourth-order valence-electron chi connectivity index (χ4n) is 1.99. The largest absolute Gasteiger partial charge is 0.417 e. The molecule has 3 heterocycles. The molecule has 0 atom stereocenters. The molecule has 3 aromatic heterocycles. The standard InChI is InChI=1S/C13H11F3N4OS/c1-20-5-4-8(18-20)2-3-11-17-12(19-21-11)9-6-22-7-10(9)13(14,15)16/h4-7H,2-3H2,1H3. The van der Waals surface area contributed by atoms with Crippen molar-refractivity contribution in [3.05, 3.63) is 40.2 Å². The van der Waals surface area contributed by atoms with Crippen molar-refractivity contribution in [3.8, 4) is 11.4 Å². The maximum atomic E-state index is 12.9. The lowest BCUT2D eigenvalue weighted by Crippen LogP contribution is -2.05. The molecule has 0 saturated carbocycles. The second-order valence-corrected chi connectivity index (χ2v) is 5.43. The zero-order chi connectivity index (χ0) is 15.7. The minimum atomic E-state index is -4.43. The van der Waals surface area contributed by atoms with Gasteiger partial charge in [-0.15, -0.1) is 0 Å². The lowest BCUT2D eigenvalue weighted by molar-refractivity contribution is -0.136. The van der Waals surface area contributed by atoms with Gasteiger partial charge < -0.3 is 4.52 Å². The van der Waals surface area contributed by atoms with Gasteiger partial charge in [-0.25, -0.2) is 0 Å². The summed E-state index contributed by atoms with van der Waals surface area (Å²) >= 11 is 0.956. The van der Waals surface area contributed by atoms with Crippen molar-refractivity contribution in [2.75, 3.05) is 0 Å². The molecule has 0 unspecified atom stereocenters. The third-order valence-electron chi connectivity index (χ3n) is 3.04. The highest BCUT2D eigenvalue weighted by molar-refractivity contribution is 7.08. The zero-order valence-electron chi connectivity index (χ0n) is 11.5. The SMILES string of the molecule is Cn1ccc(CCc2nc(-c3cscc3C(F)(F)F)no2)n1. The molecule has 0 bridgehead atoms. The fraction of sp³-hybridized carbons (Fsp3) is 0.308. The van der Waals surface area contributed by atoms with Gasteiger partial charge >= 0.3 is 6.18 Å². The van der Waals surface area contributed by atoms with Crippen LogP contribution in [0.15, 0.2) is 27.5 Å². The predicted octanol–water partition coefficient (Wildman–Crippen LogP) is 3.34. The summed E-state index contributed by atoms with van der Waals surface area (Å²) in [5.74, 6) is 0.254. The highest BCUT2D eigenvalue weighted by Crippen LogP contribution is 2.38. The van der Waals surface area contributed by atoms with Gasteiger partial charge in [-0.1, -0.05) is 5.16 Å². The first-order chi connectivity index (χ1) is 10.4. The highest BCUT2D eigenvalue weighted by Gasteiger charge is 2.35. The Morgan fingerprint density at radius 2 is 2.09 bits per heavy atom. The second-order valence-electron chi connectivity index (χ2n) is 4.69. The Balaban J connectivity index is 1.75. The average molecular weight is 328 g/mol. The molecule has 0 aliphatic rings. The monoisotopic (exact) mass is 328 g/mol. The molecule has 0 fully saturated rings. The quantitative estimate of drug-likeness (QED) is 0.737. The topological polar surface area (TPSA) is 56.7 Å². The zero-order valence-corrected chi connectivity index (χ0v) is 12.3. The van der Waals surface area contributed by atoms with Crippen LogP contribution in [-0.2, 0) is 26.1 Å². The molecule has 0 amide bonds. The number of rotatable bonds is 4. The fourth-order valence-corrected chi connectivity index (χ4v) is 2.82. The number of aromatic nitrogens is 4. The number of aryl methyl sites for hydroxylation is 3. The Kier molecular flexibility index (Phi) is 3.73. The molecular formula is C13H11F3N4OS. The van der Waals surface area contributed by atoms with Gasteiger partial charge in [0.25, 0.3) is 0 Å². The summed E-state index contributed by atoms with van der Waals surface area (Å²) in [5.41, 5.74) is 0.0636. The summed E-state index contributed by atoms with van der Waals surface area (Å²) in [6.07, 6.45) is -1.60. The summed E-state index contributed by atoms with van der Waals surface area (Å²) in [4.78, 5) is 4.04. The van der Waals surface area contributed by atoms with Gasteiger partial charge in [-0.2, -0.15) is 34.6 Å². The number of nitrogens with zero attached hydrogens (tertiary/aromatic N) is 4. The molecule has 0 spiro atoms. The van der Waals surface area contributed by atoms with Crippen LogP contribution in [0.5, 0.6) is 0 Å². The first-order valence-electron chi connectivity index (χ1n) is 6.38. The molecule has 22 heavy (non-hydrogen) atoms. The van der Waals surface area contributed by atoms with E-state index in [-0.39, 0.29) is 11.4 Å². The number of thiophene rings is 1. The van der Waals surface area contributed by atoms with E-state index in [1.807, 2.05) is 19.3 Å². The predicted molar refractivity (Wildman–Crippen MR) is 73.2 cm³/mol. The van der Waals surface area contributed by atoms with Crippen molar-refractivity contribution in [1.29, 1.82) is 0 Å². The van der Waals surface area contributed by atoms with Crippen LogP contribution < -0.4 is 0 Å². The first-order valence-corrected chi connectivity index (χ1v) is 7.32. The number of halogens is 3. The molecule has 0 aromatic carbocycles. The molecule has 5 nitrogen and oxygen atoms in total. The number of hydrogen-bond donors (Lipinski definition) is 0. The highest BCUT2D eigenvalue weighted by atomic mass is 32.1. The van der Waals surface area contributed by atoms with Crippen LogP contribution in [0.1, 0.15) is 17.1 Å². The van der Waals surface area contributed by atoms with Gasteiger partial charge in [0.15, 0.2) is 0 Å². The van der Waals surface area contributed by atoms with E-state index in [0.717, 1.165) is 22.4 Å². The van der Waals surface area contributed by atoms with E-state index in [4.69, 9.17) is 4.52 Å². The van der Waals surface area contributed by atoms with E-state index >= 15 is 0 Å². The number of alkyl halides is 3. The molecule has 0 N–H and O–H groups in total. The summed E-state index contributed by atoms with van der Waals surface area (Å²) < 4.78 is 45.3. The Morgan fingerprint density at radius 1 is 1.27 bits per heavy atom. The van der Waals surface area contributed by atoms with E-state index in [2.05, 4.69) is 15.2 Å². The van der Waals surface area contributed by atoms with E-state index in [1.54, 1.807) is 4.68 Å². The van der Waals surface area contributed by atoms with E-state index in [1.165, 1.54) is 5.38 Å². The maximum Gasteiger partial charge on any atom is 0.417 e. The van der Waals surface area contributed by atoms with Gasteiger partial charge in [0.2, 0.25) is 11.7 Å². The third kappa shape index (κ3) is 3.03. The molecule has 9 heteroatoms. The van der Waals surface area contributed by atoms with Crippen molar-refractivity contribution in [3.63, 3.8) is 0 Å². The Hall–Kier alpha value is -2.16. The van der Waals surface area contributed by atoms with Gasteiger partial charge in [0.05, 0.1) is 11.3 Å². The van der Waals surface area contributed by atoms with Crippen molar-refractivity contribution in [2.24, 2.45) is 7.05 Å². The first kappa shape index (κ1) is 14.8. The van der Waals surface area contributed by atoms with Crippen molar-refractivity contribution in [1.82, 2.24) is 19.9 Å². The van der Waals surface area contributed by atoms with Gasteiger partial charge in [-0.05, 0) is 6.07 Å². The van der Waals surface area contributed by atoms with E-state index in [0.29, 0.717) is 18.7 Å². The molecule has 0 radical (unpaired) electrons. The molecule has 0 aliphatic carbocycles. The molecule has 0 aliphatic heterocycles. The molecule has 116 valence electrons. The minimum absolute atomic E-state index is 0.0374. The lowest BCUT2D eigenvalue weighted by Gasteiger charge is -2.04. The normalized spacial score (nSPS) is 12.0. The Labute approximate surface area is 127 Å². The van der Waals surface area contributed by atoms with Crippen molar-refractivity contribution in [2.45, 2.75) is 19.0 Å². The summed E-state index contributed by atoms with van der Waals surface area (Å²) in [6, 6.07) is 1.86. The van der Waals surface area contributed by atoms with E-state index < -0.39 is 11.7 Å². The Bertz CT molecular complexity index is 774. The smallest absolute Gasteiger partial charge is 0.339 e. The van der Waals surface area contributed by atoms with Crippen LogP contribution in [0.3, 0.4) is 0 Å². The van der Waals surface area contributed by atoms with Gasteiger partial charge in [0, 0.05) is 42.4 Å². The molecular weight excluding hydrogens is 317 g/mol. The minimum Gasteiger partial charge on any atom is -0.339 e. The lowest BCUT2D eigenvalue weighted by atomic mass is 10.2.